The van der Waals surface area contributed by atoms with E-state index < -0.39 is 0 Å². The van der Waals surface area contributed by atoms with E-state index in [2.05, 4.69) is 5.43 Å². The molecule has 0 amide bonds. The van der Waals surface area contributed by atoms with Crippen LogP contribution in [-0.2, 0) is 4.74 Å². The average Bonchev–Trinajstić information content (AvgIpc) is 2.43. The summed E-state index contributed by atoms with van der Waals surface area (Å²) in [6.07, 6.45) is 0.792. The molecule has 0 saturated heterocycles. The minimum absolute atomic E-state index is 0.0144. The van der Waals surface area contributed by atoms with Crippen LogP contribution in [0.15, 0.2) is 18.2 Å². The Hall–Kier alpha value is -1.30. The van der Waals surface area contributed by atoms with Crippen LogP contribution in [0, 0.1) is 0 Å². The van der Waals surface area contributed by atoms with Crippen LogP contribution < -0.4 is 20.7 Å². The van der Waals surface area contributed by atoms with Gasteiger partial charge in [0.15, 0.2) is 0 Å². The average molecular weight is 254 g/mol. The largest absolute Gasteiger partial charge is 0.497 e. The second kappa shape index (κ2) is 7.92. The molecule has 18 heavy (non-hydrogen) atoms. The number of methoxy groups -OCH3 is 2. The highest BCUT2D eigenvalue weighted by molar-refractivity contribution is 5.39. The van der Waals surface area contributed by atoms with Crippen molar-refractivity contribution in [3.63, 3.8) is 0 Å². The Labute approximate surface area is 108 Å². The molecule has 0 fully saturated rings. The number of benzene rings is 1. The molecule has 1 atom stereocenters. The molecule has 0 aliphatic carbocycles. The molecule has 1 rings (SSSR count). The van der Waals surface area contributed by atoms with Crippen LogP contribution >= 0.6 is 0 Å². The number of ether oxygens (including phenoxy) is 3. The summed E-state index contributed by atoms with van der Waals surface area (Å²) in [6, 6.07) is 5.73. The fourth-order valence-corrected chi connectivity index (χ4v) is 1.72. The molecular weight excluding hydrogens is 232 g/mol. The second-order valence-electron chi connectivity index (χ2n) is 3.85. The summed E-state index contributed by atoms with van der Waals surface area (Å²) < 4.78 is 15.8. The highest BCUT2D eigenvalue weighted by atomic mass is 16.5. The van der Waals surface area contributed by atoms with Gasteiger partial charge in [0.05, 0.1) is 14.2 Å². The SMILES string of the molecule is CCOCCC(NN)c1cc(OC)cc(OC)c1. The van der Waals surface area contributed by atoms with E-state index in [0.717, 1.165) is 23.5 Å². The molecule has 1 unspecified atom stereocenters. The van der Waals surface area contributed by atoms with Gasteiger partial charge in [-0.25, -0.2) is 0 Å². The van der Waals surface area contributed by atoms with E-state index in [1.54, 1.807) is 14.2 Å². The van der Waals surface area contributed by atoms with Gasteiger partial charge in [-0.1, -0.05) is 0 Å². The Kier molecular flexibility index (Phi) is 6.49. The summed E-state index contributed by atoms with van der Waals surface area (Å²) in [6.45, 7) is 3.34. The monoisotopic (exact) mass is 254 g/mol. The van der Waals surface area contributed by atoms with Gasteiger partial charge in [-0.05, 0) is 31.0 Å². The quantitative estimate of drug-likeness (QED) is 0.419. The minimum atomic E-state index is 0.0144. The van der Waals surface area contributed by atoms with E-state index in [1.807, 2.05) is 25.1 Å². The third-order valence-corrected chi connectivity index (χ3v) is 2.73. The Morgan fingerprint density at radius 1 is 1.17 bits per heavy atom. The normalized spacial score (nSPS) is 12.2. The van der Waals surface area contributed by atoms with E-state index >= 15 is 0 Å². The second-order valence-corrected chi connectivity index (χ2v) is 3.85. The molecule has 0 radical (unpaired) electrons. The van der Waals surface area contributed by atoms with E-state index in [0.29, 0.717) is 13.2 Å². The summed E-state index contributed by atoms with van der Waals surface area (Å²) in [4.78, 5) is 0. The van der Waals surface area contributed by atoms with Gasteiger partial charge in [-0.3, -0.25) is 11.3 Å². The molecule has 1 aromatic carbocycles. The van der Waals surface area contributed by atoms with Crippen LogP contribution in [0.4, 0.5) is 0 Å². The molecule has 5 nitrogen and oxygen atoms in total. The molecule has 5 heteroatoms. The molecule has 3 N–H and O–H groups in total. The van der Waals surface area contributed by atoms with E-state index in [9.17, 15) is 0 Å². The zero-order chi connectivity index (χ0) is 13.4. The highest BCUT2D eigenvalue weighted by Gasteiger charge is 2.12. The fourth-order valence-electron chi connectivity index (χ4n) is 1.72. The van der Waals surface area contributed by atoms with Crippen molar-refractivity contribution in [1.29, 1.82) is 0 Å². The molecule has 0 aliphatic heterocycles. The number of nitrogens with one attached hydrogen (secondary N) is 1. The maximum atomic E-state index is 5.58. The van der Waals surface area contributed by atoms with Crippen LogP contribution in [0.25, 0.3) is 0 Å². The highest BCUT2D eigenvalue weighted by Crippen LogP contribution is 2.27. The van der Waals surface area contributed by atoms with Crippen molar-refractivity contribution < 1.29 is 14.2 Å². The van der Waals surface area contributed by atoms with E-state index in [4.69, 9.17) is 20.1 Å². The van der Waals surface area contributed by atoms with Gasteiger partial charge < -0.3 is 14.2 Å². The van der Waals surface area contributed by atoms with Crippen LogP contribution in [0.3, 0.4) is 0 Å². The molecule has 0 heterocycles. The van der Waals surface area contributed by atoms with Crippen molar-refractivity contribution in [1.82, 2.24) is 5.43 Å². The smallest absolute Gasteiger partial charge is 0.122 e. The van der Waals surface area contributed by atoms with Crippen molar-refractivity contribution in [2.24, 2.45) is 5.84 Å². The van der Waals surface area contributed by atoms with Crippen LogP contribution in [0.2, 0.25) is 0 Å². The Bertz CT molecular complexity index is 336. The van der Waals surface area contributed by atoms with Gasteiger partial charge in [-0.2, -0.15) is 0 Å². The molecule has 1 aromatic rings. The fraction of sp³-hybridized carbons (Fsp3) is 0.538. The summed E-state index contributed by atoms with van der Waals surface area (Å²) in [7, 11) is 3.26. The van der Waals surface area contributed by atoms with Crippen molar-refractivity contribution in [2.75, 3.05) is 27.4 Å². The summed E-state index contributed by atoms with van der Waals surface area (Å²) in [5, 5.41) is 0. The maximum absolute atomic E-state index is 5.58. The molecule has 0 bridgehead atoms. The minimum Gasteiger partial charge on any atom is -0.497 e. The first-order chi connectivity index (χ1) is 8.74. The van der Waals surface area contributed by atoms with Crippen LogP contribution in [0.5, 0.6) is 11.5 Å². The standard InChI is InChI=1S/C13H22N2O3/c1-4-18-6-5-13(15-14)10-7-11(16-2)9-12(8-10)17-3/h7-9,13,15H,4-6,14H2,1-3H3. The molecule has 102 valence electrons. The summed E-state index contributed by atoms with van der Waals surface area (Å²) >= 11 is 0. The predicted octanol–water partition coefficient (Wildman–Crippen LogP) is 1.63. The van der Waals surface area contributed by atoms with Crippen molar-refractivity contribution in [2.45, 2.75) is 19.4 Å². The van der Waals surface area contributed by atoms with Gasteiger partial charge >= 0.3 is 0 Å². The topological polar surface area (TPSA) is 65.7 Å². The lowest BCUT2D eigenvalue weighted by Gasteiger charge is -2.18. The number of hydrogen-bond acceptors (Lipinski definition) is 5. The lowest BCUT2D eigenvalue weighted by molar-refractivity contribution is 0.136. The van der Waals surface area contributed by atoms with Gasteiger partial charge in [0.25, 0.3) is 0 Å². The molecular formula is C13H22N2O3. The third kappa shape index (κ3) is 4.18. The Balaban J connectivity index is 2.83. The number of hydrazine groups is 1. The van der Waals surface area contributed by atoms with E-state index in [-0.39, 0.29) is 6.04 Å². The molecule has 0 spiro atoms. The van der Waals surface area contributed by atoms with Crippen molar-refractivity contribution in [3.8, 4) is 11.5 Å². The first-order valence-corrected chi connectivity index (χ1v) is 6.02. The van der Waals surface area contributed by atoms with Gasteiger partial charge in [0.1, 0.15) is 11.5 Å². The molecule has 0 saturated carbocycles. The zero-order valence-corrected chi connectivity index (χ0v) is 11.2. The number of rotatable bonds is 8. The van der Waals surface area contributed by atoms with Gasteiger partial charge in [0, 0.05) is 25.3 Å². The summed E-state index contributed by atoms with van der Waals surface area (Å²) in [5.74, 6) is 7.08. The number of hydrogen-bond donors (Lipinski definition) is 2. The van der Waals surface area contributed by atoms with Crippen molar-refractivity contribution in [3.05, 3.63) is 23.8 Å². The summed E-state index contributed by atoms with van der Waals surface area (Å²) in [5.41, 5.74) is 3.81. The maximum Gasteiger partial charge on any atom is 0.122 e. The van der Waals surface area contributed by atoms with Crippen LogP contribution in [0.1, 0.15) is 24.9 Å². The Morgan fingerprint density at radius 2 is 1.78 bits per heavy atom. The van der Waals surface area contributed by atoms with Gasteiger partial charge in [0.2, 0.25) is 0 Å². The van der Waals surface area contributed by atoms with Crippen LogP contribution in [-0.4, -0.2) is 27.4 Å². The molecule has 0 aromatic heterocycles. The lowest BCUT2D eigenvalue weighted by Crippen LogP contribution is -2.29. The molecule has 0 aliphatic rings. The Morgan fingerprint density at radius 3 is 2.22 bits per heavy atom. The lowest BCUT2D eigenvalue weighted by atomic mass is 10.0. The first kappa shape index (κ1) is 14.8. The number of nitrogens with two attached hydrogens (primary N) is 1. The van der Waals surface area contributed by atoms with Gasteiger partial charge in [-0.15, -0.1) is 0 Å². The third-order valence-electron chi connectivity index (χ3n) is 2.73. The first-order valence-electron chi connectivity index (χ1n) is 6.02. The van der Waals surface area contributed by atoms with E-state index in [1.165, 1.54) is 0 Å². The van der Waals surface area contributed by atoms with Crippen molar-refractivity contribution >= 4 is 0 Å². The predicted molar refractivity (Wildman–Crippen MR) is 70.7 cm³/mol. The zero-order valence-electron chi connectivity index (χ0n) is 11.2.